The molecule has 2 fully saturated rings. The monoisotopic (exact) mass is 519 g/mol. The number of amidine groups is 1. The smallest absolute Gasteiger partial charge is 0.410 e. The summed E-state index contributed by atoms with van der Waals surface area (Å²) in [7, 11) is 0. The van der Waals surface area contributed by atoms with E-state index in [1.165, 1.54) is 6.07 Å². The Morgan fingerprint density at radius 2 is 2.06 bits per heavy atom. The van der Waals surface area contributed by atoms with Crippen molar-refractivity contribution < 1.29 is 13.9 Å². The van der Waals surface area contributed by atoms with E-state index in [0.29, 0.717) is 25.2 Å². The van der Waals surface area contributed by atoms with Crippen molar-refractivity contribution in [1.82, 2.24) is 10.2 Å². The molecule has 1 amide bonds. The van der Waals surface area contributed by atoms with E-state index in [1.807, 2.05) is 51.1 Å². The number of carbonyl (C=O) groups is 1. The van der Waals surface area contributed by atoms with Crippen LogP contribution in [0.15, 0.2) is 58.0 Å². The summed E-state index contributed by atoms with van der Waals surface area (Å²) in [6.45, 7) is 6.88. The van der Waals surface area contributed by atoms with E-state index >= 15 is 4.39 Å². The summed E-state index contributed by atoms with van der Waals surface area (Å²) in [5.74, 6) is 0.442. The second-order valence-electron chi connectivity index (χ2n) is 9.20. The third kappa shape index (κ3) is 4.96. The van der Waals surface area contributed by atoms with Crippen LogP contribution in [0.4, 0.5) is 9.18 Å². The Hall–Kier alpha value is -2.06. The highest BCUT2D eigenvalue weighted by Gasteiger charge is 2.53. The van der Waals surface area contributed by atoms with Crippen molar-refractivity contribution in [1.29, 1.82) is 0 Å². The van der Waals surface area contributed by atoms with Crippen LogP contribution in [-0.4, -0.2) is 40.6 Å². The molecule has 0 aromatic heterocycles. The van der Waals surface area contributed by atoms with Gasteiger partial charge in [0.05, 0.1) is 18.6 Å². The van der Waals surface area contributed by atoms with E-state index in [-0.39, 0.29) is 17.8 Å². The normalized spacial score (nSPS) is 24.2. The second-order valence-corrected chi connectivity index (χ2v) is 11.1. The maximum atomic E-state index is 15.1. The molecule has 8 heteroatoms. The Kier molecular flexibility index (Phi) is 6.54. The van der Waals surface area contributed by atoms with Gasteiger partial charge in [-0.15, -0.1) is 0 Å². The van der Waals surface area contributed by atoms with Gasteiger partial charge in [-0.05, 0) is 44.5 Å². The molecule has 5 nitrogen and oxygen atoms in total. The van der Waals surface area contributed by atoms with Crippen LogP contribution >= 0.6 is 27.7 Å². The molecule has 0 spiro atoms. The van der Waals surface area contributed by atoms with Crippen LogP contribution < -0.4 is 5.32 Å². The van der Waals surface area contributed by atoms with Gasteiger partial charge < -0.3 is 15.0 Å². The van der Waals surface area contributed by atoms with Gasteiger partial charge in [-0.3, -0.25) is 4.99 Å². The summed E-state index contributed by atoms with van der Waals surface area (Å²) in [4.78, 5) is 19.3. The number of benzene rings is 2. The number of nitrogens with zero attached hydrogens (tertiary/aromatic N) is 2. The molecule has 2 saturated heterocycles. The fraction of sp³-hybridized carbons (Fsp3) is 0.417. The highest BCUT2D eigenvalue weighted by Crippen LogP contribution is 2.44. The highest BCUT2D eigenvalue weighted by atomic mass is 79.9. The molecule has 1 N–H and O–H groups in total. The van der Waals surface area contributed by atoms with E-state index in [4.69, 9.17) is 9.73 Å². The van der Waals surface area contributed by atoms with Crippen molar-refractivity contribution >= 4 is 39.0 Å². The summed E-state index contributed by atoms with van der Waals surface area (Å²) in [6.07, 6.45) is -0.378. The minimum Gasteiger partial charge on any atom is -0.444 e. The summed E-state index contributed by atoms with van der Waals surface area (Å²) in [6, 6.07) is 15.0. The minimum atomic E-state index is -0.772. The molecule has 2 aliphatic heterocycles. The van der Waals surface area contributed by atoms with E-state index in [0.717, 1.165) is 21.0 Å². The van der Waals surface area contributed by atoms with Gasteiger partial charge in [0.2, 0.25) is 0 Å². The molecule has 2 atom stereocenters. The number of likely N-dealkylation sites (tertiary alicyclic amines) is 1. The van der Waals surface area contributed by atoms with Gasteiger partial charge in [0.25, 0.3) is 0 Å². The van der Waals surface area contributed by atoms with Crippen LogP contribution in [0.1, 0.15) is 31.9 Å². The number of hydrogen-bond donors (Lipinski definition) is 1. The van der Waals surface area contributed by atoms with Gasteiger partial charge in [0.1, 0.15) is 11.4 Å². The number of nitrogens with one attached hydrogen (secondary N) is 1. The zero-order valence-electron chi connectivity index (χ0n) is 18.4. The van der Waals surface area contributed by atoms with Crippen LogP contribution in [0.2, 0.25) is 0 Å². The molecule has 2 unspecified atom stereocenters. The van der Waals surface area contributed by atoms with Crippen molar-refractivity contribution in [3.05, 3.63) is 69.9 Å². The SMILES string of the molecule is CC(C)(C)OC(=O)N1CC2CSC(=NCc3ccccc3)NC2(c2cc(Br)ccc2F)C1. The number of ether oxygens (including phenoxy) is 1. The fourth-order valence-electron chi connectivity index (χ4n) is 4.17. The molecule has 0 bridgehead atoms. The summed E-state index contributed by atoms with van der Waals surface area (Å²) in [5, 5.41) is 4.29. The van der Waals surface area contributed by atoms with Crippen LogP contribution in [0.3, 0.4) is 0 Å². The van der Waals surface area contributed by atoms with E-state index in [2.05, 4.69) is 21.2 Å². The topological polar surface area (TPSA) is 53.9 Å². The number of halogens is 2. The second kappa shape index (κ2) is 9.06. The van der Waals surface area contributed by atoms with Crippen molar-refractivity contribution in [2.24, 2.45) is 10.9 Å². The van der Waals surface area contributed by atoms with Crippen molar-refractivity contribution in [2.45, 2.75) is 38.5 Å². The van der Waals surface area contributed by atoms with E-state index in [9.17, 15) is 4.79 Å². The molecule has 0 radical (unpaired) electrons. The lowest BCUT2D eigenvalue weighted by Gasteiger charge is -2.41. The number of amides is 1. The molecule has 2 aliphatic rings. The molecule has 32 heavy (non-hydrogen) atoms. The average Bonchev–Trinajstić information content (AvgIpc) is 3.14. The molecule has 170 valence electrons. The molecule has 0 saturated carbocycles. The molecule has 2 aromatic carbocycles. The number of fused-ring (bicyclic) bond motifs is 1. The third-order valence-electron chi connectivity index (χ3n) is 5.64. The maximum absolute atomic E-state index is 15.1. The van der Waals surface area contributed by atoms with Crippen LogP contribution in [0.5, 0.6) is 0 Å². The summed E-state index contributed by atoms with van der Waals surface area (Å²) >= 11 is 5.10. The minimum absolute atomic E-state index is 0.0134. The number of aliphatic imine (C=N–C) groups is 1. The lowest BCUT2D eigenvalue weighted by atomic mass is 9.81. The Morgan fingerprint density at radius 1 is 1.31 bits per heavy atom. The standard InChI is InChI=1S/C24H27BrFN3O2S/c1-23(2,3)31-22(30)29-13-17-14-32-21(27-12-16-7-5-4-6-8-16)28-24(17,15-29)19-11-18(25)9-10-20(19)26/h4-11,17H,12-15H2,1-3H3,(H,27,28). The van der Waals surface area contributed by atoms with Crippen molar-refractivity contribution in [3.63, 3.8) is 0 Å². The highest BCUT2D eigenvalue weighted by molar-refractivity contribution is 9.10. The van der Waals surface area contributed by atoms with Gasteiger partial charge in [0.15, 0.2) is 5.17 Å². The molecule has 4 rings (SSSR count). The predicted octanol–water partition coefficient (Wildman–Crippen LogP) is 5.54. The van der Waals surface area contributed by atoms with Gasteiger partial charge in [0, 0.05) is 28.3 Å². The average molecular weight is 520 g/mol. The number of carbonyl (C=O) groups excluding carboxylic acids is 1. The summed E-state index contributed by atoms with van der Waals surface area (Å²) < 4.78 is 21.5. The third-order valence-corrected chi connectivity index (χ3v) is 7.20. The van der Waals surface area contributed by atoms with E-state index < -0.39 is 11.1 Å². The Balaban J connectivity index is 1.66. The van der Waals surface area contributed by atoms with Crippen molar-refractivity contribution in [2.75, 3.05) is 18.8 Å². The van der Waals surface area contributed by atoms with E-state index in [1.54, 1.807) is 28.8 Å². The number of hydrogen-bond acceptors (Lipinski definition) is 4. The molecule has 2 aromatic rings. The largest absolute Gasteiger partial charge is 0.444 e. The quantitative estimate of drug-likeness (QED) is 0.578. The van der Waals surface area contributed by atoms with Crippen LogP contribution in [0.25, 0.3) is 0 Å². The first-order valence-corrected chi connectivity index (χ1v) is 12.4. The number of rotatable bonds is 3. The lowest BCUT2D eigenvalue weighted by Crippen LogP contribution is -2.55. The first-order valence-electron chi connectivity index (χ1n) is 10.6. The Labute approximate surface area is 200 Å². The zero-order valence-corrected chi connectivity index (χ0v) is 20.8. The number of thioether (sulfide) groups is 1. The zero-order chi connectivity index (χ0) is 22.9. The fourth-order valence-corrected chi connectivity index (χ4v) is 5.69. The molecular formula is C24H27BrFN3O2S. The molecule has 0 aliphatic carbocycles. The van der Waals surface area contributed by atoms with Gasteiger partial charge in [-0.2, -0.15) is 0 Å². The Morgan fingerprint density at radius 3 is 2.78 bits per heavy atom. The lowest BCUT2D eigenvalue weighted by molar-refractivity contribution is 0.0280. The molecule has 2 heterocycles. The predicted molar refractivity (Wildman–Crippen MR) is 130 cm³/mol. The first-order chi connectivity index (χ1) is 15.2. The van der Waals surface area contributed by atoms with Crippen LogP contribution in [-0.2, 0) is 16.8 Å². The van der Waals surface area contributed by atoms with Crippen molar-refractivity contribution in [3.8, 4) is 0 Å². The molecular weight excluding hydrogens is 493 g/mol. The van der Waals surface area contributed by atoms with Gasteiger partial charge in [-0.1, -0.05) is 58.0 Å². The van der Waals surface area contributed by atoms with Gasteiger partial charge >= 0.3 is 6.09 Å². The maximum Gasteiger partial charge on any atom is 0.410 e. The van der Waals surface area contributed by atoms with Gasteiger partial charge in [-0.25, -0.2) is 9.18 Å². The first kappa shape index (κ1) is 23.1. The van der Waals surface area contributed by atoms with Crippen LogP contribution in [0, 0.1) is 11.7 Å². The summed E-state index contributed by atoms with van der Waals surface area (Å²) in [5.41, 5.74) is 0.277. The Bertz CT molecular complexity index is 1030.